The second kappa shape index (κ2) is 4.02. The van der Waals surface area contributed by atoms with Gasteiger partial charge in [0.15, 0.2) is 10.3 Å². The standard InChI is InChI=1S/C2H4N4O3S.Na/c7-10(8,9)5-6-1-3-4-2-6;/h1-2,5H,(H,7,8,9);/q;+1/p-1. The van der Waals surface area contributed by atoms with Gasteiger partial charge in [-0.05, 0) is 0 Å². The first-order chi connectivity index (χ1) is 4.58. The third-order valence-electron chi connectivity index (χ3n) is 0.636. The summed E-state index contributed by atoms with van der Waals surface area (Å²) in [5.41, 5.74) is 0. The molecule has 0 bridgehead atoms. The van der Waals surface area contributed by atoms with Crippen molar-refractivity contribution >= 4 is 10.3 Å². The van der Waals surface area contributed by atoms with E-state index in [9.17, 15) is 13.0 Å². The van der Waals surface area contributed by atoms with Crippen LogP contribution in [0.15, 0.2) is 12.7 Å². The Kier molecular flexibility index (Phi) is 3.97. The average Bonchev–Trinajstić information content (AvgIpc) is 2.12. The molecule has 0 unspecified atom stereocenters. The zero-order valence-corrected chi connectivity index (χ0v) is 8.45. The normalized spacial score (nSPS) is 10.3. The monoisotopic (exact) mass is 186 g/mol. The second-order valence-corrected chi connectivity index (χ2v) is 2.51. The van der Waals surface area contributed by atoms with Crippen LogP contribution in [0.3, 0.4) is 0 Å². The van der Waals surface area contributed by atoms with E-state index in [0.29, 0.717) is 0 Å². The molecule has 1 N–H and O–H groups in total. The number of hydrogen-bond acceptors (Lipinski definition) is 5. The van der Waals surface area contributed by atoms with Gasteiger partial charge in [-0.1, -0.05) is 0 Å². The molecule has 0 aromatic carbocycles. The van der Waals surface area contributed by atoms with E-state index < -0.39 is 10.3 Å². The third-order valence-corrected chi connectivity index (χ3v) is 1.07. The summed E-state index contributed by atoms with van der Waals surface area (Å²) < 4.78 is 30.7. The summed E-state index contributed by atoms with van der Waals surface area (Å²) in [6.45, 7) is 0. The first-order valence-corrected chi connectivity index (χ1v) is 3.57. The van der Waals surface area contributed by atoms with Gasteiger partial charge in [-0.25, -0.2) is 17.9 Å². The summed E-state index contributed by atoms with van der Waals surface area (Å²) in [7, 11) is -4.46. The SMILES string of the molecule is O=S(=O)([O-])Nn1cnnc1.[Na+]. The van der Waals surface area contributed by atoms with Crippen LogP contribution >= 0.6 is 0 Å². The van der Waals surface area contributed by atoms with E-state index in [2.05, 4.69) is 10.2 Å². The van der Waals surface area contributed by atoms with Crippen molar-refractivity contribution in [1.29, 1.82) is 0 Å². The third kappa shape index (κ3) is 4.32. The van der Waals surface area contributed by atoms with Crippen LogP contribution in [0.4, 0.5) is 0 Å². The van der Waals surface area contributed by atoms with Gasteiger partial charge in [0.25, 0.3) is 0 Å². The second-order valence-electron chi connectivity index (χ2n) is 1.41. The summed E-state index contributed by atoms with van der Waals surface area (Å²) >= 11 is 0. The van der Waals surface area contributed by atoms with E-state index in [0.717, 1.165) is 17.3 Å². The molecule has 0 spiro atoms. The van der Waals surface area contributed by atoms with Crippen LogP contribution in [-0.2, 0) is 10.3 Å². The molecular weight excluding hydrogens is 183 g/mol. The van der Waals surface area contributed by atoms with Gasteiger partial charge in [0.05, 0.1) is 0 Å². The van der Waals surface area contributed by atoms with Crippen molar-refractivity contribution in [2.45, 2.75) is 0 Å². The molecule has 7 nitrogen and oxygen atoms in total. The van der Waals surface area contributed by atoms with Crippen LogP contribution in [0.5, 0.6) is 0 Å². The van der Waals surface area contributed by atoms with Crippen molar-refractivity contribution in [2.75, 3.05) is 4.83 Å². The van der Waals surface area contributed by atoms with E-state index in [1.165, 1.54) is 0 Å². The van der Waals surface area contributed by atoms with E-state index >= 15 is 0 Å². The summed E-state index contributed by atoms with van der Waals surface area (Å²) in [5.74, 6) is 0. The molecule has 0 amide bonds. The predicted octanol–water partition coefficient (Wildman–Crippen LogP) is -4.71. The van der Waals surface area contributed by atoms with Crippen molar-refractivity contribution in [3.63, 3.8) is 0 Å². The zero-order chi connectivity index (χ0) is 7.61. The molecule has 1 heterocycles. The minimum Gasteiger partial charge on any atom is -0.730 e. The maximum absolute atomic E-state index is 9.96. The molecule has 9 heteroatoms. The largest absolute Gasteiger partial charge is 1.00 e. The molecule has 0 atom stereocenters. The Morgan fingerprint density at radius 1 is 1.36 bits per heavy atom. The fourth-order valence-corrected chi connectivity index (χ4v) is 0.729. The van der Waals surface area contributed by atoms with Crippen LogP contribution in [0.1, 0.15) is 0 Å². The molecule has 1 rings (SSSR count). The summed E-state index contributed by atoms with van der Waals surface area (Å²) in [4.78, 5) is 1.57. The molecular formula is C2H3N4NaO3S. The van der Waals surface area contributed by atoms with Gasteiger partial charge in [0, 0.05) is 0 Å². The number of nitrogens with one attached hydrogen (secondary N) is 1. The minimum absolute atomic E-state index is 0. The molecule has 0 aliphatic carbocycles. The van der Waals surface area contributed by atoms with Crippen LogP contribution in [0, 0.1) is 0 Å². The number of nitrogens with zero attached hydrogens (tertiary/aromatic N) is 3. The van der Waals surface area contributed by atoms with Gasteiger partial charge in [0.2, 0.25) is 0 Å². The minimum atomic E-state index is -4.46. The van der Waals surface area contributed by atoms with Gasteiger partial charge < -0.3 is 4.55 Å². The van der Waals surface area contributed by atoms with Crippen molar-refractivity contribution in [2.24, 2.45) is 0 Å². The molecule has 1 aromatic heterocycles. The Morgan fingerprint density at radius 3 is 2.18 bits per heavy atom. The van der Waals surface area contributed by atoms with Gasteiger partial charge in [-0.15, -0.1) is 10.2 Å². The first-order valence-electron chi connectivity index (χ1n) is 2.16. The Morgan fingerprint density at radius 2 is 1.82 bits per heavy atom. The van der Waals surface area contributed by atoms with Crippen molar-refractivity contribution in [1.82, 2.24) is 14.9 Å². The van der Waals surface area contributed by atoms with Gasteiger partial charge in [-0.3, -0.25) is 0 Å². The number of aromatic nitrogens is 3. The van der Waals surface area contributed by atoms with Crippen LogP contribution in [-0.4, -0.2) is 27.8 Å². The summed E-state index contributed by atoms with van der Waals surface area (Å²) in [6, 6.07) is 0. The fraction of sp³-hybridized carbons (Fsp3) is 0. The molecule has 0 saturated carbocycles. The number of hydrogen-bond donors (Lipinski definition) is 1. The molecule has 1 aromatic rings. The summed E-state index contributed by atoms with van der Waals surface area (Å²) in [6.07, 6.45) is 2.10. The van der Waals surface area contributed by atoms with Gasteiger partial charge in [-0.2, -0.15) is 0 Å². The van der Waals surface area contributed by atoms with E-state index in [4.69, 9.17) is 0 Å². The Hall–Kier alpha value is -0.150. The number of rotatable bonds is 2. The average molecular weight is 186 g/mol. The van der Waals surface area contributed by atoms with E-state index in [-0.39, 0.29) is 29.6 Å². The van der Waals surface area contributed by atoms with Crippen LogP contribution < -0.4 is 34.4 Å². The quantitative estimate of drug-likeness (QED) is 0.369. The van der Waals surface area contributed by atoms with Crippen molar-refractivity contribution in [3.8, 4) is 0 Å². The van der Waals surface area contributed by atoms with Crippen molar-refractivity contribution in [3.05, 3.63) is 12.7 Å². The Bertz CT molecular complexity index is 293. The van der Waals surface area contributed by atoms with Gasteiger partial charge in [0.1, 0.15) is 12.7 Å². The predicted molar refractivity (Wildman–Crippen MR) is 29.1 cm³/mol. The Labute approximate surface area is 85.0 Å². The first kappa shape index (κ1) is 10.8. The topological polar surface area (TPSA) is 99.9 Å². The van der Waals surface area contributed by atoms with Crippen LogP contribution in [0.25, 0.3) is 0 Å². The van der Waals surface area contributed by atoms with Crippen molar-refractivity contribution < 1.29 is 42.5 Å². The fourth-order valence-electron chi connectivity index (χ4n) is 0.377. The zero-order valence-electron chi connectivity index (χ0n) is 5.63. The molecule has 0 fully saturated rings. The smallest absolute Gasteiger partial charge is 0.730 e. The van der Waals surface area contributed by atoms with Crippen LogP contribution in [0.2, 0.25) is 0 Å². The Balaban J connectivity index is 0.000001000. The van der Waals surface area contributed by atoms with E-state index in [1.807, 2.05) is 0 Å². The van der Waals surface area contributed by atoms with Gasteiger partial charge >= 0.3 is 29.6 Å². The molecule has 0 radical (unpaired) electrons. The molecule has 0 aliphatic rings. The summed E-state index contributed by atoms with van der Waals surface area (Å²) in [5, 5.41) is 6.51. The van der Waals surface area contributed by atoms with E-state index in [1.54, 1.807) is 4.83 Å². The molecule has 56 valence electrons. The molecule has 0 saturated heterocycles. The maximum atomic E-state index is 9.96. The molecule has 0 aliphatic heterocycles. The maximum Gasteiger partial charge on any atom is 1.00 e. The molecule has 11 heavy (non-hydrogen) atoms.